The Morgan fingerprint density at radius 2 is 2.18 bits per heavy atom. The molecule has 1 aromatic carbocycles. The highest BCUT2D eigenvalue weighted by molar-refractivity contribution is 5.89. The van der Waals surface area contributed by atoms with Crippen LogP contribution in [0.15, 0.2) is 18.2 Å². The molecule has 3 rings (SSSR count). The Morgan fingerprint density at radius 3 is 2.95 bits per heavy atom. The highest BCUT2D eigenvalue weighted by Crippen LogP contribution is 2.32. The second-order valence-corrected chi connectivity index (χ2v) is 6.23. The Morgan fingerprint density at radius 1 is 1.36 bits per heavy atom. The Labute approximate surface area is 130 Å². The third-order valence-electron chi connectivity index (χ3n) is 4.45. The van der Waals surface area contributed by atoms with Gasteiger partial charge < -0.3 is 14.5 Å². The van der Waals surface area contributed by atoms with Crippen LogP contribution in [0.1, 0.15) is 31.7 Å². The summed E-state index contributed by atoms with van der Waals surface area (Å²) in [5, 5.41) is 0. The van der Waals surface area contributed by atoms with Crippen LogP contribution in [-0.2, 0) is 9.59 Å². The third kappa shape index (κ3) is 2.93. The van der Waals surface area contributed by atoms with Crippen LogP contribution < -0.4 is 9.64 Å². The Bertz CT molecular complexity index is 600. The van der Waals surface area contributed by atoms with Crippen molar-refractivity contribution in [1.29, 1.82) is 0 Å². The van der Waals surface area contributed by atoms with E-state index >= 15 is 0 Å². The van der Waals surface area contributed by atoms with Gasteiger partial charge in [0.15, 0.2) is 5.75 Å². The molecule has 1 saturated heterocycles. The molecule has 1 atom stereocenters. The molecule has 5 heteroatoms. The predicted octanol–water partition coefficient (Wildman–Crippen LogP) is 2.12. The van der Waals surface area contributed by atoms with Gasteiger partial charge in [0.2, 0.25) is 5.91 Å². The van der Waals surface area contributed by atoms with Crippen molar-refractivity contribution in [2.45, 2.75) is 39.2 Å². The lowest BCUT2D eigenvalue weighted by atomic mass is 10.0. The highest BCUT2D eigenvalue weighted by Gasteiger charge is 2.29. The Hall–Kier alpha value is -2.04. The van der Waals surface area contributed by atoms with Gasteiger partial charge in [0.05, 0.1) is 12.2 Å². The van der Waals surface area contributed by atoms with Gasteiger partial charge in [0, 0.05) is 12.6 Å². The van der Waals surface area contributed by atoms with E-state index in [-0.39, 0.29) is 31.0 Å². The third-order valence-corrected chi connectivity index (χ3v) is 4.45. The number of aryl methyl sites for hydroxylation is 1. The molecule has 1 aromatic rings. The molecule has 0 saturated carbocycles. The number of esters is 1. The van der Waals surface area contributed by atoms with Gasteiger partial charge in [-0.3, -0.25) is 4.79 Å². The number of carbonyl (C=O) groups excluding carboxylic acids is 2. The number of hydrogen-bond donors (Lipinski definition) is 0. The number of fused-ring (bicyclic) bond motifs is 1. The monoisotopic (exact) mass is 302 g/mol. The molecule has 0 bridgehead atoms. The molecule has 0 radical (unpaired) electrons. The maximum Gasteiger partial charge on any atom is 0.331 e. The molecule has 1 unspecified atom stereocenters. The van der Waals surface area contributed by atoms with E-state index in [9.17, 15) is 9.59 Å². The number of likely N-dealkylation sites (tertiary alicyclic amines) is 1. The van der Waals surface area contributed by atoms with E-state index < -0.39 is 0 Å². The van der Waals surface area contributed by atoms with E-state index in [0.717, 1.165) is 30.6 Å². The summed E-state index contributed by atoms with van der Waals surface area (Å²) in [6.45, 7) is 5.27. The smallest absolute Gasteiger partial charge is 0.331 e. The average molecular weight is 302 g/mol. The summed E-state index contributed by atoms with van der Waals surface area (Å²) in [6, 6.07) is 5.96. The van der Waals surface area contributed by atoms with Crippen molar-refractivity contribution in [2.24, 2.45) is 0 Å². The van der Waals surface area contributed by atoms with Crippen molar-refractivity contribution < 1.29 is 14.3 Å². The fourth-order valence-corrected chi connectivity index (χ4v) is 3.22. The number of carbonyl (C=O) groups is 2. The maximum atomic E-state index is 12.6. The number of amides is 1. The standard InChI is InChI=1S/C17H22N2O3/c1-12-6-7-15-14(9-12)18(11-17(21)22-15)10-16(20)19-8-4-3-5-13(19)2/h6-7,9,13H,3-5,8,10-11H2,1-2H3. The van der Waals surface area contributed by atoms with Crippen molar-refractivity contribution >= 4 is 17.6 Å². The fraction of sp³-hybridized carbons (Fsp3) is 0.529. The molecule has 118 valence electrons. The van der Waals surface area contributed by atoms with Crippen molar-refractivity contribution in [3.63, 3.8) is 0 Å². The van der Waals surface area contributed by atoms with Crippen molar-refractivity contribution in [3.8, 4) is 5.75 Å². The molecule has 2 aliphatic heterocycles. The van der Waals surface area contributed by atoms with E-state index in [1.807, 2.05) is 28.9 Å². The molecule has 2 aliphatic rings. The minimum atomic E-state index is -0.309. The molecule has 22 heavy (non-hydrogen) atoms. The lowest BCUT2D eigenvalue weighted by molar-refractivity contribution is -0.134. The number of anilines is 1. The van der Waals surface area contributed by atoms with Gasteiger partial charge in [-0.2, -0.15) is 0 Å². The molecular weight excluding hydrogens is 280 g/mol. The number of piperidine rings is 1. The molecule has 1 amide bonds. The van der Waals surface area contributed by atoms with Crippen LogP contribution in [0.25, 0.3) is 0 Å². The summed E-state index contributed by atoms with van der Waals surface area (Å²) in [7, 11) is 0. The van der Waals surface area contributed by atoms with Gasteiger partial charge in [0.1, 0.15) is 6.54 Å². The minimum absolute atomic E-state index is 0.0920. The summed E-state index contributed by atoms with van der Waals surface area (Å²) < 4.78 is 5.26. The summed E-state index contributed by atoms with van der Waals surface area (Å²) in [4.78, 5) is 28.1. The lowest BCUT2D eigenvalue weighted by Crippen LogP contribution is -2.49. The first-order valence-electron chi connectivity index (χ1n) is 7.90. The van der Waals surface area contributed by atoms with Gasteiger partial charge in [-0.15, -0.1) is 0 Å². The largest absolute Gasteiger partial charge is 0.423 e. The van der Waals surface area contributed by atoms with Crippen LogP contribution in [0.5, 0.6) is 5.75 Å². The fourth-order valence-electron chi connectivity index (χ4n) is 3.22. The zero-order valence-electron chi connectivity index (χ0n) is 13.2. The quantitative estimate of drug-likeness (QED) is 0.620. The summed E-state index contributed by atoms with van der Waals surface area (Å²) in [6.07, 6.45) is 3.31. The molecular formula is C17H22N2O3. The van der Waals surface area contributed by atoms with Gasteiger partial charge in [-0.05, 0) is 50.8 Å². The molecule has 2 heterocycles. The van der Waals surface area contributed by atoms with Crippen LogP contribution in [0, 0.1) is 6.92 Å². The van der Waals surface area contributed by atoms with E-state index in [4.69, 9.17) is 4.74 Å². The van der Waals surface area contributed by atoms with E-state index in [1.165, 1.54) is 6.42 Å². The minimum Gasteiger partial charge on any atom is -0.423 e. The summed E-state index contributed by atoms with van der Waals surface area (Å²) >= 11 is 0. The number of rotatable bonds is 2. The number of nitrogens with zero attached hydrogens (tertiary/aromatic N) is 2. The van der Waals surface area contributed by atoms with Crippen molar-refractivity contribution in [3.05, 3.63) is 23.8 Å². The number of benzene rings is 1. The molecule has 0 aromatic heterocycles. The molecule has 1 fully saturated rings. The highest BCUT2D eigenvalue weighted by atomic mass is 16.5. The maximum absolute atomic E-state index is 12.6. The van der Waals surface area contributed by atoms with Gasteiger partial charge in [0.25, 0.3) is 0 Å². The molecule has 0 aliphatic carbocycles. The van der Waals surface area contributed by atoms with Crippen LogP contribution in [-0.4, -0.2) is 42.5 Å². The first kappa shape index (κ1) is 14.9. The molecule has 5 nitrogen and oxygen atoms in total. The first-order valence-corrected chi connectivity index (χ1v) is 7.90. The Kier molecular flexibility index (Phi) is 4.05. The lowest BCUT2D eigenvalue weighted by Gasteiger charge is -2.36. The van der Waals surface area contributed by atoms with Crippen LogP contribution in [0.3, 0.4) is 0 Å². The Balaban J connectivity index is 1.79. The second-order valence-electron chi connectivity index (χ2n) is 6.23. The van der Waals surface area contributed by atoms with Crippen LogP contribution in [0.4, 0.5) is 5.69 Å². The van der Waals surface area contributed by atoms with Crippen LogP contribution >= 0.6 is 0 Å². The zero-order valence-corrected chi connectivity index (χ0v) is 13.2. The van der Waals surface area contributed by atoms with Crippen molar-refractivity contribution in [1.82, 2.24) is 4.90 Å². The predicted molar refractivity (Wildman–Crippen MR) is 84.1 cm³/mol. The normalized spacial score (nSPS) is 21.4. The van der Waals surface area contributed by atoms with E-state index in [2.05, 4.69) is 6.92 Å². The molecule has 0 spiro atoms. The second kappa shape index (κ2) is 5.99. The van der Waals surface area contributed by atoms with Crippen molar-refractivity contribution in [2.75, 3.05) is 24.5 Å². The SMILES string of the molecule is Cc1ccc2c(c1)N(CC(=O)N1CCCCC1C)CC(=O)O2. The number of ether oxygens (including phenoxy) is 1. The van der Waals surface area contributed by atoms with E-state index in [0.29, 0.717) is 5.75 Å². The summed E-state index contributed by atoms with van der Waals surface area (Å²) in [5.74, 6) is 0.326. The van der Waals surface area contributed by atoms with Gasteiger partial charge in [-0.1, -0.05) is 6.07 Å². The number of hydrogen-bond acceptors (Lipinski definition) is 4. The average Bonchev–Trinajstić information content (AvgIpc) is 2.48. The van der Waals surface area contributed by atoms with E-state index in [1.54, 1.807) is 6.07 Å². The summed E-state index contributed by atoms with van der Waals surface area (Å²) in [5.41, 5.74) is 1.91. The first-order chi connectivity index (χ1) is 10.5. The zero-order chi connectivity index (χ0) is 15.7. The molecule has 0 N–H and O–H groups in total. The van der Waals surface area contributed by atoms with Gasteiger partial charge >= 0.3 is 5.97 Å². The topological polar surface area (TPSA) is 49.9 Å². The van der Waals surface area contributed by atoms with Crippen LogP contribution in [0.2, 0.25) is 0 Å². The van der Waals surface area contributed by atoms with Gasteiger partial charge in [-0.25, -0.2) is 4.79 Å².